The summed E-state index contributed by atoms with van der Waals surface area (Å²) in [6, 6.07) is 7.54. The Kier molecular flexibility index (Phi) is 6.53. The Morgan fingerprint density at radius 1 is 0.581 bits per heavy atom. The maximum Gasteiger partial charge on any atom is 0.334 e. The first-order chi connectivity index (χ1) is 20.1. The summed E-state index contributed by atoms with van der Waals surface area (Å²) in [6.45, 7) is 11.3. The zero-order valence-corrected chi connectivity index (χ0v) is 25.4. The van der Waals surface area contributed by atoms with Crippen LogP contribution in [0.2, 0.25) is 0 Å². The molecule has 2 aliphatic carbocycles. The van der Waals surface area contributed by atoms with Gasteiger partial charge in [0.1, 0.15) is 35.9 Å². The number of benzene rings is 1. The molecule has 0 aromatic heterocycles. The molecule has 6 unspecified atom stereocenters. The predicted octanol–water partition coefficient (Wildman–Crippen LogP) is 4.30. The molecule has 0 spiro atoms. The van der Waals surface area contributed by atoms with Crippen LogP contribution in [0, 0.1) is 28.1 Å². The molecule has 2 fully saturated rings. The largest absolute Gasteiger partial charge is 0.492 e. The average molecular weight is 595 g/mol. The Bertz CT molecular complexity index is 1350. The van der Waals surface area contributed by atoms with Gasteiger partial charge >= 0.3 is 23.9 Å². The van der Waals surface area contributed by atoms with E-state index in [1.54, 1.807) is 27.7 Å². The van der Waals surface area contributed by atoms with Gasteiger partial charge in [0.2, 0.25) is 0 Å². The SMILES string of the molecule is CC1(C)COC(=O)C2(C)CC3(C)OC(=O)C=C(OCc4ccc(cc4)COC4=CC(=O)OC5(C)CC(C)(C(=O)OC1)C45)C32. The fourth-order valence-electron chi connectivity index (χ4n) is 7.88. The number of esters is 4. The molecular formula is C33H38O10. The van der Waals surface area contributed by atoms with Gasteiger partial charge in [-0.3, -0.25) is 9.59 Å². The number of carbonyl (C=O) groups excluding carboxylic acids is 4. The van der Waals surface area contributed by atoms with Crippen molar-refractivity contribution in [1.29, 1.82) is 0 Å². The minimum absolute atomic E-state index is 0.00763. The Morgan fingerprint density at radius 3 is 1.33 bits per heavy atom. The highest BCUT2D eigenvalue weighted by Crippen LogP contribution is 2.62. The molecule has 230 valence electrons. The van der Waals surface area contributed by atoms with E-state index in [1.165, 1.54) is 12.2 Å². The zero-order valence-electron chi connectivity index (χ0n) is 25.4. The third-order valence-electron chi connectivity index (χ3n) is 9.64. The standard InChI is InChI=1S/C33H38O10/c1-29(2)17-40-27(36)30(3)15-32(5)25(30)21(11-23(34)42-32)38-13-19-7-9-20(10-8-19)14-39-22-12-24(35)43-33(6)16-31(4,26(22)33)28(37)41-18-29/h7-12,25-26H,13-18H2,1-6H3. The Labute approximate surface area is 250 Å². The van der Waals surface area contributed by atoms with Gasteiger partial charge in [0.15, 0.2) is 0 Å². The Hall–Kier alpha value is -3.82. The topological polar surface area (TPSA) is 124 Å². The van der Waals surface area contributed by atoms with E-state index in [1.807, 2.05) is 38.1 Å². The predicted molar refractivity (Wildman–Crippen MR) is 149 cm³/mol. The van der Waals surface area contributed by atoms with Crippen molar-refractivity contribution >= 4 is 23.9 Å². The molecular weight excluding hydrogens is 556 g/mol. The van der Waals surface area contributed by atoms with Gasteiger partial charge in [0.05, 0.1) is 48.0 Å². The second kappa shape index (κ2) is 9.59. The van der Waals surface area contributed by atoms with Gasteiger partial charge in [-0.1, -0.05) is 38.1 Å². The summed E-state index contributed by atoms with van der Waals surface area (Å²) >= 11 is 0. The molecule has 4 heterocycles. The summed E-state index contributed by atoms with van der Waals surface area (Å²) in [4.78, 5) is 51.9. The van der Waals surface area contributed by atoms with Gasteiger partial charge in [-0.05, 0) is 38.8 Å². The van der Waals surface area contributed by atoms with Crippen LogP contribution >= 0.6 is 0 Å². The molecule has 10 heteroatoms. The van der Waals surface area contributed by atoms with Gasteiger partial charge in [0, 0.05) is 18.3 Å². The van der Waals surface area contributed by atoms with Crippen molar-refractivity contribution in [3.63, 3.8) is 0 Å². The molecule has 2 bridgehead atoms. The lowest BCUT2D eigenvalue weighted by Gasteiger charge is -2.58. The molecule has 1 aromatic rings. The van der Waals surface area contributed by atoms with Gasteiger partial charge in [-0.15, -0.1) is 0 Å². The highest BCUT2D eigenvalue weighted by atomic mass is 16.6. The first kappa shape index (κ1) is 29.3. The number of ether oxygens (including phenoxy) is 6. The molecule has 43 heavy (non-hydrogen) atoms. The molecule has 6 atom stereocenters. The monoisotopic (exact) mass is 594 g/mol. The molecule has 0 N–H and O–H groups in total. The minimum atomic E-state index is -0.973. The van der Waals surface area contributed by atoms with Crippen molar-refractivity contribution in [3.8, 4) is 0 Å². The molecule has 0 saturated heterocycles. The number of rotatable bonds is 0. The molecule has 7 rings (SSSR count). The van der Waals surface area contributed by atoms with Crippen LogP contribution in [-0.2, 0) is 60.8 Å². The molecule has 2 saturated carbocycles. The molecule has 0 amide bonds. The lowest BCUT2D eigenvalue weighted by atomic mass is 9.51. The van der Waals surface area contributed by atoms with Crippen LogP contribution in [0.4, 0.5) is 0 Å². The van der Waals surface area contributed by atoms with Gasteiger partial charge in [0.25, 0.3) is 0 Å². The number of carbonyl (C=O) groups is 4. The summed E-state index contributed by atoms with van der Waals surface area (Å²) in [5.74, 6) is -2.14. The van der Waals surface area contributed by atoms with E-state index in [2.05, 4.69) is 0 Å². The molecule has 0 radical (unpaired) electrons. The molecule has 10 nitrogen and oxygen atoms in total. The fraction of sp³-hybridized carbons (Fsp3) is 0.576. The molecule has 6 aliphatic rings. The van der Waals surface area contributed by atoms with Gasteiger partial charge < -0.3 is 28.4 Å². The van der Waals surface area contributed by atoms with Crippen LogP contribution in [0.1, 0.15) is 65.5 Å². The first-order valence-corrected chi connectivity index (χ1v) is 14.6. The van der Waals surface area contributed by atoms with E-state index in [9.17, 15) is 19.2 Å². The van der Waals surface area contributed by atoms with Crippen LogP contribution in [-0.4, -0.2) is 48.3 Å². The van der Waals surface area contributed by atoms with E-state index in [0.29, 0.717) is 24.4 Å². The quantitative estimate of drug-likeness (QED) is 0.317. The van der Waals surface area contributed by atoms with Crippen LogP contribution in [0.15, 0.2) is 47.9 Å². The van der Waals surface area contributed by atoms with E-state index in [0.717, 1.165) is 11.1 Å². The van der Waals surface area contributed by atoms with Crippen molar-refractivity contribution in [2.45, 2.75) is 78.8 Å². The van der Waals surface area contributed by atoms with Crippen molar-refractivity contribution in [2.24, 2.45) is 28.1 Å². The Morgan fingerprint density at radius 2 is 0.953 bits per heavy atom. The summed E-state index contributed by atoms with van der Waals surface area (Å²) < 4.78 is 35.2. The third-order valence-corrected chi connectivity index (χ3v) is 9.64. The number of hydrogen-bond donors (Lipinski definition) is 0. The summed E-state index contributed by atoms with van der Waals surface area (Å²) in [5.41, 5.74) is -2.71. The van der Waals surface area contributed by atoms with Crippen molar-refractivity contribution in [3.05, 3.63) is 59.1 Å². The van der Waals surface area contributed by atoms with Gasteiger partial charge in [-0.2, -0.15) is 0 Å². The molecule has 4 aliphatic heterocycles. The second-order valence-electron chi connectivity index (χ2n) is 14.3. The maximum absolute atomic E-state index is 13.5. The normalized spacial score (nSPS) is 38.7. The Balaban J connectivity index is 1.30. The lowest BCUT2D eigenvalue weighted by Crippen LogP contribution is -2.66. The van der Waals surface area contributed by atoms with Gasteiger partial charge in [-0.25, -0.2) is 9.59 Å². The van der Waals surface area contributed by atoms with E-state index in [4.69, 9.17) is 28.4 Å². The smallest absolute Gasteiger partial charge is 0.334 e. The highest BCUT2D eigenvalue weighted by molar-refractivity contribution is 5.88. The van der Waals surface area contributed by atoms with Crippen LogP contribution in [0.25, 0.3) is 0 Å². The second-order valence-corrected chi connectivity index (χ2v) is 14.3. The van der Waals surface area contributed by atoms with Crippen molar-refractivity contribution in [1.82, 2.24) is 0 Å². The highest BCUT2D eigenvalue weighted by Gasteiger charge is 2.70. The third kappa shape index (κ3) is 4.79. The average Bonchev–Trinajstić information content (AvgIpc) is 2.90. The minimum Gasteiger partial charge on any atom is -0.492 e. The number of fused-ring (bicyclic) bond motifs is 10. The van der Waals surface area contributed by atoms with Crippen LogP contribution in [0.3, 0.4) is 0 Å². The fourth-order valence-corrected chi connectivity index (χ4v) is 7.88. The zero-order chi connectivity index (χ0) is 31.0. The van der Waals surface area contributed by atoms with E-state index in [-0.39, 0.29) is 26.4 Å². The first-order valence-electron chi connectivity index (χ1n) is 14.6. The van der Waals surface area contributed by atoms with Crippen LogP contribution < -0.4 is 0 Å². The van der Waals surface area contributed by atoms with Crippen LogP contribution in [0.5, 0.6) is 0 Å². The van der Waals surface area contributed by atoms with Crippen molar-refractivity contribution in [2.75, 3.05) is 13.2 Å². The summed E-state index contributed by atoms with van der Waals surface area (Å²) in [5, 5.41) is 0. The lowest BCUT2D eigenvalue weighted by molar-refractivity contribution is -0.229. The van der Waals surface area contributed by atoms with E-state index < -0.39 is 63.2 Å². The summed E-state index contributed by atoms with van der Waals surface area (Å²) in [6.07, 6.45) is 3.20. The van der Waals surface area contributed by atoms with E-state index >= 15 is 0 Å². The molecule has 1 aromatic carbocycles. The summed E-state index contributed by atoms with van der Waals surface area (Å²) in [7, 11) is 0. The maximum atomic E-state index is 13.5. The number of hydrogen-bond acceptors (Lipinski definition) is 10. The van der Waals surface area contributed by atoms with Crippen molar-refractivity contribution < 1.29 is 47.6 Å².